The van der Waals surface area contributed by atoms with Crippen molar-refractivity contribution < 1.29 is 4.79 Å². The van der Waals surface area contributed by atoms with Crippen molar-refractivity contribution in [2.75, 3.05) is 11.1 Å². The van der Waals surface area contributed by atoms with Gasteiger partial charge in [-0.05, 0) is 41.1 Å². The zero-order chi connectivity index (χ0) is 18.5. The van der Waals surface area contributed by atoms with Gasteiger partial charge in [0.05, 0.1) is 10.8 Å². The van der Waals surface area contributed by atoms with Crippen molar-refractivity contribution in [3.8, 4) is 11.4 Å². The Kier molecular flexibility index (Phi) is 6.34. The second-order valence-electron chi connectivity index (χ2n) is 5.38. The fourth-order valence-electron chi connectivity index (χ4n) is 2.38. The molecule has 134 valence electrons. The van der Waals surface area contributed by atoms with E-state index < -0.39 is 0 Å². The van der Waals surface area contributed by atoms with Crippen LogP contribution in [0.15, 0.2) is 58.2 Å². The predicted octanol–water partition coefficient (Wildman–Crippen LogP) is 5.11. The smallest absolute Gasteiger partial charge is 0.234 e. The summed E-state index contributed by atoms with van der Waals surface area (Å²) in [5.41, 5.74) is 1.69. The van der Waals surface area contributed by atoms with Crippen molar-refractivity contribution in [2.45, 2.75) is 18.6 Å². The first kappa shape index (κ1) is 18.9. The van der Waals surface area contributed by atoms with E-state index in [1.54, 1.807) is 18.2 Å². The van der Waals surface area contributed by atoms with Crippen molar-refractivity contribution in [1.29, 1.82) is 0 Å². The minimum Gasteiger partial charge on any atom is -0.325 e. The van der Waals surface area contributed by atoms with Crippen LogP contribution in [-0.4, -0.2) is 26.4 Å². The molecule has 0 aliphatic rings. The number of thioether (sulfide) groups is 1. The van der Waals surface area contributed by atoms with Crippen LogP contribution in [0, 0.1) is 0 Å². The summed E-state index contributed by atoms with van der Waals surface area (Å²) < 4.78 is 2.74. The average molecular weight is 452 g/mol. The molecule has 1 amide bonds. The van der Waals surface area contributed by atoms with Crippen LogP contribution in [0.5, 0.6) is 0 Å². The molecule has 3 rings (SSSR count). The first-order chi connectivity index (χ1) is 12.6. The summed E-state index contributed by atoms with van der Waals surface area (Å²) in [4.78, 5) is 12.2. The van der Waals surface area contributed by atoms with Crippen LogP contribution in [0.4, 0.5) is 5.69 Å². The van der Waals surface area contributed by atoms with Gasteiger partial charge in [0.15, 0.2) is 11.0 Å². The number of carbonyl (C=O) groups is 1. The summed E-state index contributed by atoms with van der Waals surface area (Å²) >= 11 is 10.7. The zero-order valence-electron chi connectivity index (χ0n) is 13.9. The number of carbonyl (C=O) groups excluding carboxylic acids is 1. The maximum absolute atomic E-state index is 12.2. The molecule has 1 N–H and O–H groups in total. The molecule has 0 unspecified atom stereocenters. The van der Waals surface area contributed by atoms with Gasteiger partial charge in [0.1, 0.15) is 0 Å². The molecule has 0 atom stereocenters. The van der Waals surface area contributed by atoms with E-state index in [0.717, 1.165) is 27.6 Å². The second kappa shape index (κ2) is 8.70. The van der Waals surface area contributed by atoms with Crippen LogP contribution in [0.3, 0.4) is 0 Å². The molecule has 0 radical (unpaired) electrons. The Morgan fingerprint density at radius 2 is 2.00 bits per heavy atom. The standard InChI is InChI=1S/C18H16BrClN4OS/c1-2-24-17(12-6-4-3-5-7-12)22-23-18(24)26-11-16(25)21-13-8-9-15(20)14(19)10-13/h3-10H,2,11H2,1H3,(H,21,25). The van der Waals surface area contributed by atoms with Crippen LogP contribution < -0.4 is 5.32 Å². The van der Waals surface area contributed by atoms with Gasteiger partial charge < -0.3 is 9.88 Å². The third kappa shape index (κ3) is 4.47. The lowest BCUT2D eigenvalue weighted by Crippen LogP contribution is -2.14. The van der Waals surface area contributed by atoms with Crippen molar-refractivity contribution >= 4 is 50.9 Å². The molecule has 2 aromatic carbocycles. The van der Waals surface area contributed by atoms with Crippen molar-refractivity contribution in [2.24, 2.45) is 0 Å². The molecule has 3 aromatic rings. The van der Waals surface area contributed by atoms with Crippen molar-refractivity contribution in [1.82, 2.24) is 14.8 Å². The summed E-state index contributed by atoms with van der Waals surface area (Å²) in [6, 6.07) is 15.2. The van der Waals surface area contributed by atoms with Crippen molar-refractivity contribution in [3.63, 3.8) is 0 Å². The van der Waals surface area contributed by atoms with E-state index >= 15 is 0 Å². The summed E-state index contributed by atoms with van der Waals surface area (Å²) in [6.07, 6.45) is 0. The second-order valence-corrected chi connectivity index (χ2v) is 7.59. The van der Waals surface area contributed by atoms with Crippen LogP contribution in [-0.2, 0) is 11.3 Å². The number of aromatic nitrogens is 3. The van der Waals surface area contributed by atoms with E-state index in [9.17, 15) is 4.79 Å². The van der Waals surface area contributed by atoms with Gasteiger partial charge in [-0.3, -0.25) is 4.79 Å². The highest BCUT2D eigenvalue weighted by atomic mass is 79.9. The first-order valence-corrected chi connectivity index (χ1v) is 10.1. The normalized spacial score (nSPS) is 10.7. The molecule has 8 heteroatoms. The Morgan fingerprint density at radius 1 is 1.23 bits per heavy atom. The SMILES string of the molecule is CCn1c(SCC(=O)Nc2ccc(Cl)c(Br)c2)nnc1-c1ccccc1. The minimum atomic E-state index is -0.115. The highest BCUT2D eigenvalue weighted by Crippen LogP contribution is 2.26. The summed E-state index contributed by atoms with van der Waals surface area (Å²) in [6.45, 7) is 2.76. The number of hydrogen-bond donors (Lipinski definition) is 1. The molecule has 26 heavy (non-hydrogen) atoms. The monoisotopic (exact) mass is 450 g/mol. The first-order valence-electron chi connectivity index (χ1n) is 7.94. The van der Waals surface area contributed by atoms with Crippen LogP contribution >= 0.6 is 39.3 Å². The van der Waals surface area contributed by atoms with Crippen LogP contribution in [0.25, 0.3) is 11.4 Å². The molecule has 0 saturated heterocycles. The molecule has 1 heterocycles. The Bertz CT molecular complexity index is 917. The van der Waals surface area contributed by atoms with Gasteiger partial charge in [-0.15, -0.1) is 10.2 Å². The summed E-state index contributed by atoms with van der Waals surface area (Å²) in [7, 11) is 0. The molecule has 0 bridgehead atoms. The highest BCUT2D eigenvalue weighted by Gasteiger charge is 2.14. The number of rotatable bonds is 6. The number of nitrogens with one attached hydrogen (secondary N) is 1. The largest absolute Gasteiger partial charge is 0.325 e. The van der Waals surface area contributed by atoms with Crippen LogP contribution in [0.1, 0.15) is 6.92 Å². The zero-order valence-corrected chi connectivity index (χ0v) is 17.1. The Balaban J connectivity index is 1.67. The van der Waals surface area contributed by atoms with E-state index in [1.807, 2.05) is 41.8 Å². The lowest BCUT2D eigenvalue weighted by Gasteiger charge is -2.08. The number of amides is 1. The van der Waals surface area contributed by atoms with E-state index in [0.29, 0.717) is 10.7 Å². The van der Waals surface area contributed by atoms with Gasteiger partial charge in [-0.2, -0.15) is 0 Å². The molecule has 0 saturated carbocycles. The quantitative estimate of drug-likeness (QED) is 0.529. The van der Waals surface area contributed by atoms with Gasteiger partial charge in [0.2, 0.25) is 5.91 Å². The van der Waals surface area contributed by atoms with E-state index in [2.05, 4.69) is 31.4 Å². The number of nitrogens with zero attached hydrogens (tertiary/aromatic N) is 3. The van der Waals surface area contributed by atoms with Crippen molar-refractivity contribution in [3.05, 3.63) is 58.0 Å². The van der Waals surface area contributed by atoms with E-state index in [1.165, 1.54) is 11.8 Å². The third-order valence-electron chi connectivity index (χ3n) is 3.60. The molecule has 0 fully saturated rings. The number of halogens is 2. The molecule has 5 nitrogen and oxygen atoms in total. The topological polar surface area (TPSA) is 59.8 Å². The number of benzene rings is 2. The molecule has 1 aromatic heterocycles. The summed E-state index contributed by atoms with van der Waals surface area (Å²) in [5.74, 6) is 0.932. The highest BCUT2D eigenvalue weighted by molar-refractivity contribution is 9.10. The molecular formula is C18H16BrClN4OS. The third-order valence-corrected chi connectivity index (χ3v) is 5.78. The van der Waals surface area contributed by atoms with Gasteiger partial charge >= 0.3 is 0 Å². The van der Waals surface area contributed by atoms with Crippen LogP contribution in [0.2, 0.25) is 5.02 Å². The molecular weight excluding hydrogens is 436 g/mol. The Morgan fingerprint density at radius 3 is 2.69 bits per heavy atom. The average Bonchev–Trinajstić information content (AvgIpc) is 3.07. The Labute approximate surface area is 169 Å². The predicted molar refractivity (Wildman–Crippen MR) is 110 cm³/mol. The molecule has 0 spiro atoms. The lowest BCUT2D eigenvalue weighted by molar-refractivity contribution is -0.113. The van der Waals surface area contributed by atoms with Gasteiger partial charge in [-0.25, -0.2) is 0 Å². The molecule has 0 aliphatic heterocycles. The Hall–Kier alpha value is -1.83. The summed E-state index contributed by atoms with van der Waals surface area (Å²) in [5, 5.41) is 12.7. The van der Waals surface area contributed by atoms with Gasteiger partial charge in [-0.1, -0.05) is 53.7 Å². The van der Waals surface area contributed by atoms with E-state index in [4.69, 9.17) is 11.6 Å². The van der Waals surface area contributed by atoms with Gasteiger partial charge in [0, 0.05) is 22.3 Å². The molecule has 0 aliphatic carbocycles. The number of anilines is 1. The van der Waals surface area contributed by atoms with Gasteiger partial charge in [0.25, 0.3) is 0 Å². The lowest BCUT2D eigenvalue weighted by atomic mass is 10.2. The fraction of sp³-hybridized carbons (Fsp3) is 0.167. The number of hydrogen-bond acceptors (Lipinski definition) is 4. The maximum atomic E-state index is 12.2. The fourth-order valence-corrected chi connectivity index (χ4v) is 3.68. The van der Waals surface area contributed by atoms with E-state index in [-0.39, 0.29) is 11.7 Å². The maximum Gasteiger partial charge on any atom is 0.234 e. The minimum absolute atomic E-state index is 0.115.